The second-order valence-electron chi connectivity index (χ2n) is 9.95. The zero-order chi connectivity index (χ0) is 27.9. The lowest BCUT2D eigenvalue weighted by Gasteiger charge is -2.08. The van der Waals surface area contributed by atoms with Crippen LogP contribution in [0.3, 0.4) is 0 Å². The first-order valence-electron chi connectivity index (χ1n) is 13.7. The number of H-pyrrole nitrogens is 1. The first kappa shape index (κ1) is 26.9. The molecular formula is C32H34N8. The Balaban J connectivity index is 0.000000162. The fraction of sp³-hybridized carbons (Fsp3) is 0.250. The van der Waals surface area contributed by atoms with Crippen LogP contribution in [0.25, 0.3) is 16.7 Å². The van der Waals surface area contributed by atoms with Gasteiger partial charge in [0.2, 0.25) is 0 Å². The van der Waals surface area contributed by atoms with E-state index in [0.29, 0.717) is 0 Å². The third-order valence-electron chi connectivity index (χ3n) is 7.25. The number of amidine groups is 1. The summed E-state index contributed by atoms with van der Waals surface area (Å²) in [5.74, 6) is 6.14. The smallest absolute Gasteiger partial charge is 0.178 e. The van der Waals surface area contributed by atoms with Crippen LogP contribution in [0.4, 0.5) is 0 Å². The maximum Gasteiger partial charge on any atom is 0.178 e. The van der Waals surface area contributed by atoms with Crippen molar-refractivity contribution in [3.8, 4) is 0 Å². The van der Waals surface area contributed by atoms with Crippen LogP contribution >= 0.6 is 0 Å². The summed E-state index contributed by atoms with van der Waals surface area (Å²) < 4.78 is 0. The lowest BCUT2D eigenvalue weighted by Crippen LogP contribution is -2.00. The molecular weight excluding hydrogens is 496 g/mol. The number of allylic oxidation sites excluding steroid dienone is 6. The van der Waals surface area contributed by atoms with Gasteiger partial charge in [0.1, 0.15) is 5.82 Å². The molecule has 0 amide bonds. The molecule has 0 saturated carbocycles. The van der Waals surface area contributed by atoms with Gasteiger partial charge < -0.3 is 10.8 Å². The molecule has 0 unspecified atom stereocenters. The van der Waals surface area contributed by atoms with E-state index in [2.05, 4.69) is 68.4 Å². The van der Waals surface area contributed by atoms with Crippen molar-refractivity contribution in [1.82, 2.24) is 19.9 Å². The van der Waals surface area contributed by atoms with E-state index in [-0.39, 0.29) is 5.84 Å². The zero-order valence-electron chi connectivity index (χ0n) is 23.0. The first-order valence-corrected chi connectivity index (χ1v) is 13.7. The van der Waals surface area contributed by atoms with Gasteiger partial charge in [0.15, 0.2) is 11.5 Å². The fourth-order valence-corrected chi connectivity index (χ4v) is 5.21. The van der Waals surface area contributed by atoms with E-state index >= 15 is 0 Å². The van der Waals surface area contributed by atoms with Crippen molar-refractivity contribution in [2.24, 2.45) is 16.2 Å². The van der Waals surface area contributed by atoms with Crippen LogP contribution in [-0.2, 0) is 12.8 Å². The quantitative estimate of drug-likeness (QED) is 0.0845. The SMILES string of the molecule is CCc1nc2nc(Cc3ccccn3)cc(C)c2[nH]1.N=C(N=NN)c1ccccc1C1=CCC2=C(C=C1)CCC2. The summed E-state index contributed by atoms with van der Waals surface area (Å²) in [5, 5.41) is 14.8. The van der Waals surface area contributed by atoms with Gasteiger partial charge in [-0.2, -0.15) is 0 Å². The topological polar surface area (TPSA) is 129 Å². The van der Waals surface area contributed by atoms with E-state index in [1.54, 1.807) is 5.57 Å². The Morgan fingerprint density at radius 2 is 1.90 bits per heavy atom. The average molecular weight is 531 g/mol. The van der Waals surface area contributed by atoms with Gasteiger partial charge in [0, 0.05) is 36.0 Å². The summed E-state index contributed by atoms with van der Waals surface area (Å²) in [6, 6.07) is 15.8. The minimum atomic E-state index is 0.0900. The normalized spacial score (nSPS) is 14.6. The van der Waals surface area contributed by atoms with Gasteiger partial charge >= 0.3 is 0 Å². The van der Waals surface area contributed by atoms with Crippen LogP contribution in [0, 0.1) is 12.3 Å². The van der Waals surface area contributed by atoms with Crippen LogP contribution in [0.2, 0.25) is 0 Å². The maximum atomic E-state index is 7.97. The lowest BCUT2D eigenvalue weighted by atomic mass is 9.97. The van der Waals surface area contributed by atoms with E-state index in [1.807, 2.05) is 48.7 Å². The Kier molecular flexibility index (Phi) is 8.35. The number of aryl methyl sites for hydroxylation is 2. The molecule has 3 aromatic heterocycles. The molecule has 4 aromatic rings. The van der Waals surface area contributed by atoms with Crippen molar-refractivity contribution >= 4 is 22.6 Å². The third kappa shape index (κ3) is 6.12. The second kappa shape index (κ2) is 12.4. The molecule has 0 aliphatic heterocycles. The minimum absolute atomic E-state index is 0.0900. The average Bonchev–Trinajstić information content (AvgIpc) is 3.56. The van der Waals surface area contributed by atoms with E-state index < -0.39 is 0 Å². The second-order valence-corrected chi connectivity index (χ2v) is 9.95. The number of hydrogen-bond donors (Lipinski definition) is 3. The number of nitrogens with zero attached hydrogens (tertiary/aromatic N) is 5. The summed E-state index contributed by atoms with van der Waals surface area (Å²) in [6.07, 6.45) is 14.7. The highest BCUT2D eigenvalue weighted by Crippen LogP contribution is 2.34. The van der Waals surface area contributed by atoms with Crippen LogP contribution in [0.5, 0.6) is 0 Å². The van der Waals surface area contributed by atoms with Gasteiger partial charge in [0.25, 0.3) is 0 Å². The van der Waals surface area contributed by atoms with Gasteiger partial charge in [-0.25, -0.2) is 9.97 Å². The molecule has 0 bridgehead atoms. The molecule has 0 spiro atoms. The van der Waals surface area contributed by atoms with Crippen molar-refractivity contribution in [2.75, 3.05) is 0 Å². The predicted molar refractivity (Wildman–Crippen MR) is 160 cm³/mol. The van der Waals surface area contributed by atoms with Gasteiger partial charge in [-0.05, 0) is 73.1 Å². The number of aromatic nitrogens is 4. The Hall–Kier alpha value is -4.72. The largest absolute Gasteiger partial charge is 0.340 e. The summed E-state index contributed by atoms with van der Waals surface area (Å²) in [4.78, 5) is 16.8. The van der Waals surface area contributed by atoms with E-state index in [1.165, 1.54) is 30.4 Å². The molecule has 1 aromatic carbocycles. The van der Waals surface area contributed by atoms with Crippen molar-refractivity contribution < 1.29 is 0 Å². The summed E-state index contributed by atoms with van der Waals surface area (Å²) in [7, 11) is 0. The van der Waals surface area contributed by atoms with Crippen LogP contribution in [0.15, 0.2) is 94.4 Å². The zero-order valence-corrected chi connectivity index (χ0v) is 23.0. The van der Waals surface area contributed by atoms with Gasteiger partial charge in [-0.1, -0.05) is 66.3 Å². The highest BCUT2D eigenvalue weighted by Gasteiger charge is 2.16. The Morgan fingerprint density at radius 1 is 1.05 bits per heavy atom. The van der Waals surface area contributed by atoms with E-state index in [4.69, 9.17) is 11.3 Å². The lowest BCUT2D eigenvalue weighted by molar-refractivity contribution is 0.887. The third-order valence-corrected chi connectivity index (χ3v) is 7.25. The molecule has 6 rings (SSSR count). The minimum Gasteiger partial charge on any atom is -0.340 e. The molecule has 0 atom stereocenters. The number of aromatic amines is 1. The first-order chi connectivity index (χ1) is 19.6. The van der Waals surface area contributed by atoms with Crippen molar-refractivity contribution in [1.29, 1.82) is 5.41 Å². The fourth-order valence-electron chi connectivity index (χ4n) is 5.21. The highest BCUT2D eigenvalue weighted by molar-refractivity contribution is 6.02. The number of benzene rings is 1. The standard InChI is InChI=1S/C17H18N4.C15H16N4/c18-17(20-21-19)16-7-2-1-6-15(16)14-10-8-12-4-3-5-13(12)9-11-14;1-3-13-18-14-10(2)8-12(17-15(14)19-13)9-11-6-4-5-7-16-11/h1-2,6-8,10-11H,3-5,9H2,(H3,18,19,20);4-8H,3,9H2,1-2H3,(H,17,18,19). The molecule has 0 radical (unpaired) electrons. The van der Waals surface area contributed by atoms with Gasteiger partial charge in [-0.15, -0.1) is 5.11 Å². The molecule has 2 aliphatic rings. The summed E-state index contributed by atoms with van der Waals surface area (Å²) >= 11 is 0. The number of fused-ring (bicyclic) bond motifs is 1. The number of rotatable bonds is 5. The number of pyridine rings is 2. The van der Waals surface area contributed by atoms with Gasteiger partial charge in [-0.3, -0.25) is 10.4 Å². The summed E-state index contributed by atoms with van der Waals surface area (Å²) in [5.41, 5.74) is 11.0. The van der Waals surface area contributed by atoms with Crippen LogP contribution < -0.4 is 5.84 Å². The Labute approximate surface area is 234 Å². The monoisotopic (exact) mass is 530 g/mol. The number of nitrogens with one attached hydrogen (secondary N) is 2. The molecule has 0 saturated heterocycles. The van der Waals surface area contributed by atoms with Crippen molar-refractivity contribution in [3.05, 3.63) is 118 Å². The Morgan fingerprint density at radius 3 is 2.70 bits per heavy atom. The highest BCUT2D eigenvalue weighted by atomic mass is 15.3. The van der Waals surface area contributed by atoms with E-state index in [9.17, 15) is 0 Å². The van der Waals surface area contributed by atoms with Crippen molar-refractivity contribution in [3.63, 3.8) is 0 Å². The number of nitrogens with two attached hydrogens (primary N) is 1. The molecule has 8 nitrogen and oxygen atoms in total. The molecule has 0 fully saturated rings. The van der Waals surface area contributed by atoms with Crippen molar-refractivity contribution in [2.45, 2.75) is 52.4 Å². The molecule has 40 heavy (non-hydrogen) atoms. The molecule has 4 N–H and O–H groups in total. The van der Waals surface area contributed by atoms with Gasteiger partial charge in [0.05, 0.1) is 5.52 Å². The molecule has 3 heterocycles. The van der Waals surface area contributed by atoms with Crippen LogP contribution in [0.1, 0.15) is 66.5 Å². The maximum absolute atomic E-state index is 7.97. The predicted octanol–water partition coefficient (Wildman–Crippen LogP) is 6.98. The van der Waals surface area contributed by atoms with E-state index in [0.717, 1.165) is 64.3 Å². The summed E-state index contributed by atoms with van der Waals surface area (Å²) in [6.45, 7) is 4.17. The Bertz CT molecular complexity index is 1640. The number of hydrogen-bond acceptors (Lipinski definition) is 5. The van der Waals surface area contributed by atoms with Crippen LogP contribution in [-0.4, -0.2) is 25.8 Å². The number of imidazole rings is 1. The molecule has 202 valence electrons. The molecule has 2 aliphatic carbocycles. The molecule has 8 heteroatoms.